The number of hydrogen-bond donors (Lipinski definition) is 0. The standard InChI is InChI=1S/C24H40O7S2Si/c1-9-32-21(33-10-2)14-13-20-23(29-17(4)26)24(30-18(5)27)22(28-16(3)25)19(31-20)12-11-15-34(6,7)8/h19-24H,9-10,12-14H2,1-8H3/t19-,20-,22-,23-,24-/m1/s1. The van der Waals surface area contributed by atoms with E-state index in [1.807, 2.05) is 23.5 Å². The Balaban J connectivity index is 3.32. The maximum atomic E-state index is 12.0. The molecule has 1 saturated heterocycles. The Labute approximate surface area is 214 Å². The zero-order chi connectivity index (χ0) is 25.9. The Morgan fingerprint density at radius 2 is 1.32 bits per heavy atom. The Bertz CT molecular complexity index is 738. The number of esters is 3. The predicted molar refractivity (Wildman–Crippen MR) is 140 cm³/mol. The molecule has 1 heterocycles. The molecule has 1 rings (SSSR count). The van der Waals surface area contributed by atoms with Gasteiger partial charge in [0.15, 0.2) is 18.3 Å². The van der Waals surface area contributed by atoms with Crippen LogP contribution in [0.5, 0.6) is 0 Å². The summed E-state index contributed by atoms with van der Waals surface area (Å²) in [7, 11) is -1.62. The van der Waals surface area contributed by atoms with Crippen LogP contribution in [0.4, 0.5) is 0 Å². The zero-order valence-electron chi connectivity index (χ0n) is 21.7. The van der Waals surface area contributed by atoms with Crippen molar-refractivity contribution in [3.05, 3.63) is 0 Å². The van der Waals surface area contributed by atoms with Gasteiger partial charge in [0.1, 0.15) is 14.2 Å². The molecule has 5 atom stereocenters. The van der Waals surface area contributed by atoms with Crippen LogP contribution in [0, 0.1) is 11.5 Å². The van der Waals surface area contributed by atoms with E-state index >= 15 is 0 Å². The second kappa shape index (κ2) is 15.1. The summed E-state index contributed by atoms with van der Waals surface area (Å²) in [5.41, 5.74) is 3.31. The average molecular weight is 533 g/mol. The Hall–Kier alpha value is -1.15. The number of rotatable bonds is 11. The quantitative estimate of drug-likeness (QED) is 0.126. The lowest BCUT2D eigenvalue weighted by atomic mass is 9.90. The molecule has 194 valence electrons. The van der Waals surface area contributed by atoms with Crippen molar-refractivity contribution < 1.29 is 33.3 Å². The van der Waals surface area contributed by atoms with Gasteiger partial charge in [-0.1, -0.05) is 33.5 Å². The number of ether oxygens (including phenoxy) is 4. The summed E-state index contributed by atoms with van der Waals surface area (Å²) in [6, 6.07) is 0. The SMILES string of the molecule is CCSC(CC[C@H]1O[C@H](CC#C[Si](C)(C)C)[C@@H](OC(C)=O)[C@@H](OC(C)=O)[C@@H]1OC(C)=O)SCC. The first-order valence-corrected chi connectivity index (χ1v) is 17.4. The van der Waals surface area contributed by atoms with Crippen LogP contribution in [0.3, 0.4) is 0 Å². The topological polar surface area (TPSA) is 88.1 Å². The lowest BCUT2D eigenvalue weighted by Gasteiger charge is -2.44. The van der Waals surface area contributed by atoms with Crippen molar-refractivity contribution in [3.8, 4) is 11.5 Å². The molecule has 1 aliphatic heterocycles. The van der Waals surface area contributed by atoms with Crippen LogP contribution in [0.2, 0.25) is 19.6 Å². The number of carbonyl (C=O) groups excluding carboxylic acids is 3. The molecule has 0 aromatic carbocycles. The second-order valence-electron chi connectivity index (χ2n) is 9.11. The first-order valence-electron chi connectivity index (χ1n) is 11.8. The van der Waals surface area contributed by atoms with E-state index in [4.69, 9.17) is 18.9 Å². The molecule has 0 aromatic rings. The van der Waals surface area contributed by atoms with Crippen molar-refractivity contribution in [2.45, 2.75) is 109 Å². The van der Waals surface area contributed by atoms with E-state index in [0.29, 0.717) is 17.4 Å². The number of thioether (sulfide) groups is 2. The minimum Gasteiger partial charge on any atom is -0.456 e. The van der Waals surface area contributed by atoms with Crippen LogP contribution >= 0.6 is 23.5 Å². The summed E-state index contributed by atoms with van der Waals surface area (Å²) < 4.78 is 23.6. The van der Waals surface area contributed by atoms with E-state index in [1.54, 1.807) is 0 Å². The van der Waals surface area contributed by atoms with Crippen LogP contribution in [-0.2, 0) is 33.3 Å². The summed E-state index contributed by atoms with van der Waals surface area (Å²) in [4.78, 5) is 35.9. The van der Waals surface area contributed by atoms with E-state index in [9.17, 15) is 14.4 Å². The molecule has 0 aliphatic carbocycles. The molecule has 0 aromatic heterocycles. The fourth-order valence-electron chi connectivity index (χ4n) is 3.68. The lowest BCUT2D eigenvalue weighted by Crippen LogP contribution is -2.61. The van der Waals surface area contributed by atoms with Crippen molar-refractivity contribution in [1.29, 1.82) is 0 Å². The van der Waals surface area contributed by atoms with Gasteiger partial charge in [-0.25, -0.2) is 0 Å². The fourth-order valence-corrected chi connectivity index (χ4v) is 6.87. The van der Waals surface area contributed by atoms with Crippen LogP contribution < -0.4 is 0 Å². The minimum atomic E-state index is -1.62. The molecule has 0 amide bonds. The van der Waals surface area contributed by atoms with Gasteiger partial charge in [-0.3, -0.25) is 14.4 Å². The van der Waals surface area contributed by atoms with Gasteiger partial charge in [-0.05, 0) is 24.3 Å². The van der Waals surface area contributed by atoms with E-state index in [0.717, 1.165) is 17.9 Å². The molecule has 0 N–H and O–H groups in total. The summed E-state index contributed by atoms with van der Waals surface area (Å²) in [5.74, 6) is 3.59. The maximum Gasteiger partial charge on any atom is 0.303 e. The van der Waals surface area contributed by atoms with E-state index in [1.165, 1.54) is 20.8 Å². The van der Waals surface area contributed by atoms with Crippen molar-refractivity contribution in [3.63, 3.8) is 0 Å². The highest BCUT2D eigenvalue weighted by atomic mass is 32.2. The third kappa shape index (κ3) is 11.5. The molecule has 0 spiro atoms. The van der Waals surface area contributed by atoms with Crippen LogP contribution in [-0.4, -0.2) is 72.6 Å². The van der Waals surface area contributed by atoms with Crippen molar-refractivity contribution >= 4 is 49.5 Å². The summed E-state index contributed by atoms with van der Waals surface area (Å²) >= 11 is 3.74. The van der Waals surface area contributed by atoms with E-state index in [2.05, 4.69) is 45.0 Å². The van der Waals surface area contributed by atoms with Crippen molar-refractivity contribution in [2.24, 2.45) is 0 Å². The first kappa shape index (κ1) is 30.9. The van der Waals surface area contributed by atoms with Gasteiger partial charge in [0, 0.05) is 27.2 Å². The zero-order valence-corrected chi connectivity index (χ0v) is 24.3. The third-order valence-corrected chi connectivity index (χ3v) is 8.42. The average Bonchev–Trinajstić information content (AvgIpc) is 2.69. The van der Waals surface area contributed by atoms with Gasteiger partial charge in [-0.2, -0.15) is 0 Å². The maximum absolute atomic E-state index is 12.0. The predicted octanol–water partition coefficient (Wildman–Crippen LogP) is 4.43. The van der Waals surface area contributed by atoms with Crippen LogP contribution in [0.15, 0.2) is 0 Å². The molecular weight excluding hydrogens is 492 g/mol. The van der Waals surface area contributed by atoms with Crippen molar-refractivity contribution in [2.75, 3.05) is 11.5 Å². The molecule has 34 heavy (non-hydrogen) atoms. The largest absolute Gasteiger partial charge is 0.456 e. The molecule has 1 aliphatic rings. The Morgan fingerprint density at radius 1 is 0.853 bits per heavy atom. The highest BCUT2D eigenvalue weighted by Gasteiger charge is 2.51. The second-order valence-corrected chi connectivity index (χ2v) is 17.1. The molecular formula is C24H40O7S2Si. The van der Waals surface area contributed by atoms with Gasteiger partial charge < -0.3 is 18.9 Å². The summed E-state index contributed by atoms with van der Waals surface area (Å²) in [5, 5.41) is 0. The highest BCUT2D eigenvalue weighted by Crippen LogP contribution is 2.35. The molecule has 0 saturated carbocycles. The summed E-state index contributed by atoms with van der Waals surface area (Å²) in [6.07, 6.45) is -2.15. The lowest BCUT2D eigenvalue weighted by molar-refractivity contribution is -0.246. The molecule has 1 fully saturated rings. The molecule has 10 heteroatoms. The summed E-state index contributed by atoms with van der Waals surface area (Å²) in [6.45, 7) is 14.6. The minimum absolute atomic E-state index is 0.320. The van der Waals surface area contributed by atoms with Gasteiger partial charge in [-0.15, -0.1) is 35.0 Å². The normalized spacial score (nSPS) is 24.7. The van der Waals surface area contributed by atoms with E-state index < -0.39 is 56.5 Å². The molecule has 0 radical (unpaired) electrons. The van der Waals surface area contributed by atoms with Gasteiger partial charge in [0.25, 0.3) is 0 Å². The number of carbonyl (C=O) groups is 3. The molecule has 0 bridgehead atoms. The molecule has 7 nitrogen and oxygen atoms in total. The first-order chi connectivity index (χ1) is 15.9. The third-order valence-electron chi connectivity index (χ3n) is 4.79. The number of hydrogen-bond acceptors (Lipinski definition) is 9. The highest BCUT2D eigenvalue weighted by molar-refractivity contribution is 8.16. The smallest absolute Gasteiger partial charge is 0.303 e. The Morgan fingerprint density at radius 3 is 1.76 bits per heavy atom. The molecule has 0 unspecified atom stereocenters. The monoisotopic (exact) mass is 532 g/mol. The van der Waals surface area contributed by atoms with Crippen LogP contribution in [0.25, 0.3) is 0 Å². The van der Waals surface area contributed by atoms with Crippen LogP contribution in [0.1, 0.15) is 53.9 Å². The van der Waals surface area contributed by atoms with Crippen molar-refractivity contribution in [1.82, 2.24) is 0 Å². The fraction of sp³-hybridized carbons (Fsp3) is 0.792. The van der Waals surface area contributed by atoms with E-state index in [-0.39, 0.29) is 0 Å². The van der Waals surface area contributed by atoms with Gasteiger partial charge in [0.2, 0.25) is 0 Å². The Kier molecular flexibility index (Phi) is 13.7. The van der Waals surface area contributed by atoms with Gasteiger partial charge >= 0.3 is 17.9 Å². The van der Waals surface area contributed by atoms with Gasteiger partial charge in [0.05, 0.1) is 10.7 Å².